The van der Waals surface area contributed by atoms with Gasteiger partial charge in [-0.2, -0.15) is 0 Å². The van der Waals surface area contributed by atoms with Crippen molar-refractivity contribution in [1.82, 2.24) is 0 Å². The van der Waals surface area contributed by atoms with Crippen molar-refractivity contribution in [3.63, 3.8) is 0 Å². The molecule has 556 valence electrons. The average Bonchev–Trinajstić information content (AvgIpc) is 1.50. The number of aryl methyl sites for hydroxylation is 6. The summed E-state index contributed by atoms with van der Waals surface area (Å²) in [6.45, 7) is 4.72. The first-order valence-electron chi connectivity index (χ1n) is 43.4. The molecule has 8 aliphatic carbocycles. The number of para-hydroxylation sites is 2. The lowest BCUT2D eigenvalue weighted by molar-refractivity contribution is 0.398. The average molecular weight is 1460 g/mol. The molecule has 2 nitrogen and oxygen atoms in total. The summed E-state index contributed by atoms with van der Waals surface area (Å²) >= 11 is 0. The SMILES string of the molecule is CCCCCCCCC1(CCCCCCCC)c2cc(N(c3ccccc3-c3ccccc3)c3cccc4c3-c3ccccc3C4(C3=CC=C4CCC4C3)c3ccc4c(c3)CC4)ccc2-c2ccc(N(c3ccccc3-c3ccccc3)c3cccc4c3-c3ccccc3C4(c3ccc4c(c3)CC4)c3ccc4c(c3)CC4)cc21. The van der Waals surface area contributed by atoms with Crippen LogP contribution in [0.1, 0.15) is 206 Å². The van der Waals surface area contributed by atoms with Crippen molar-refractivity contribution in [1.29, 1.82) is 0 Å². The van der Waals surface area contributed by atoms with E-state index in [-0.39, 0.29) is 5.41 Å². The molecule has 0 bridgehead atoms. The zero-order valence-corrected chi connectivity index (χ0v) is 66.0. The molecule has 2 heteroatoms. The molecule has 1 fully saturated rings. The Hall–Kier alpha value is -11.1. The fraction of sp³-hybridized carbons (Fsp3) is 0.261. The zero-order valence-electron chi connectivity index (χ0n) is 66.0. The van der Waals surface area contributed by atoms with E-state index in [4.69, 9.17) is 0 Å². The van der Waals surface area contributed by atoms with E-state index in [0.717, 1.165) is 64.2 Å². The van der Waals surface area contributed by atoms with Gasteiger partial charge >= 0.3 is 0 Å². The van der Waals surface area contributed by atoms with Crippen LogP contribution >= 0.6 is 0 Å². The van der Waals surface area contributed by atoms with E-state index in [1.807, 2.05) is 0 Å². The number of unbranched alkanes of at least 4 members (excludes halogenated alkanes) is 10. The summed E-state index contributed by atoms with van der Waals surface area (Å²) in [5.74, 6) is 0.600. The van der Waals surface area contributed by atoms with Crippen LogP contribution in [0.15, 0.2) is 308 Å². The van der Waals surface area contributed by atoms with Gasteiger partial charge in [0.1, 0.15) is 0 Å². The zero-order chi connectivity index (χ0) is 75.2. The lowest BCUT2D eigenvalue weighted by Crippen LogP contribution is -2.34. The Kier molecular flexibility index (Phi) is 17.8. The van der Waals surface area contributed by atoms with Crippen LogP contribution in [-0.2, 0) is 54.8 Å². The van der Waals surface area contributed by atoms with Gasteiger partial charge in [-0.25, -0.2) is 0 Å². The number of benzene rings is 13. The van der Waals surface area contributed by atoms with E-state index in [2.05, 4.69) is 321 Å². The van der Waals surface area contributed by atoms with Gasteiger partial charge in [-0.15, -0.1) is 0 Å². The molecule has 2 unspecified atom stereocenters. The second-order valence-electron chi connectivity index (χ2n) is 34.3. The third kappa shape index (κ3) is 11.2. The van der Waals surface area contributed by atoms with Gasteiger partial charge in [-0.3, -0.25) is 0 Å². The summed E-state index contributed by atoms with van der Waals surface area (Å²) in [4.78, 5) is 5.46. The van der Waals surface area contributed by atoms with Crippen molar-refractivity contribution in [2.24, 2.45) is 5.92 Å². The molecule has 13 aromatic rings. The first-order chi connectivity index (χ1) is 55.9. The molecule has 0 aromatic heterocycles. The van der Waals surface area contributed by atoms with Crippen molar-refractivity contribution in [2.45, 2.75) is 178 Å². The van der Waals surface area contributed by atoms with Crippen molar-refractivity contribution in [2.75, 3.05) is 9.80 Å². The van der Waals surface area contributed by atoms with Crippen LogP contribution < -0.4 is 9.80 Å². The van der Waals surface area contributed by atoms with Gasteiger partial charge in [0.2, 0.25) is 0 Å². The maximum Gasteiger partial charge on any atom is 0.0714 e. The molecule has 13 aromatic carbocycles. The van der Waals surface area contributed by atoms with E-state index in [1.165, 1.54) is 262 Å². The molecular formula is C111H102N2. The predicted molar refractivity (Wildman–Crippen MR) is 474 cm³/mol. The molecule has 0 saturated heterocycles. The van der Waals surface area contributed by atoms with Crippen LogP contribution in [0.4, 0.5) is 34.1 Å². The van der Waals surface area contributed by atoms with E-state index >= 15 is 0 Å². The van der Waals surface area contributed by atoms with Gasteiger partial charge in [-0.05, 0) is 242 Å². The van der Waals surface area contributed by atoms with Crippen LogP contribution in [0.3, 0.4) is 0 Å². The van der Waals surface area contributed by atoms with Crippen LogP contribution in [0.2, 0.25) is 0 Å². The molecule has 0 N–H and O–H groups in total. The second-order valence-corrected chi connectivity index (χ2v) is 34.3. The molecular weight excluding hydrogens is 1360 g/mol. The van der Waals surface area contributed by atoms with Crippen LogP contribution in [-0.4, -0.2) is 0 Å². The molecule has 8 aliphatic rings. The van der Waals surface area contributed by atoms with Gasteiger partial charge in [0.05, 0.1) is 33.6 Å². The highest BCUT2D eigenvalue weighted by atomic mass is 15.2. The van der Waals surface area contributed by atoms with Crippen molar-refractivity contribution < 1.29 is 0 Å². The van der Waals surface area contributed by atoms with E-state index < -0.39 is 10.8 Å². The van der Waals surface area contributed by atoms with E-state index in [9.17, 15) is 0 Å². The highest BCUT2D eigenvalue weighted by molar-refractivity contribution is 6.03. The summed E-state index contributed by atoms with van der Waals surface area (Å²) in [6, 6.07) is 114. The summed E-state index contributed by atoms with van der Waals surface area (Å²) in [7, 11) is 0. The number of hydrogen-bond acceptors (Lipinski definition) is 2. The summed E-state index contributed by atoms with van der Waals surface area (Å²) in [5.41, 5.74) is 43.6. The maximum absolute atomic E-state index is 2.75. The number of nitrogens with zero attached hydrogens (tertiary/aromatic N) is 2. The highest BCUT2D eigenvalue weighted by Gasteiger charge is 2.53. The fourth-order valence-corrected chi connectivity index (χ4v) is 22.4. The first kappa shape index (κ1) is 69.9. The quantitative estimate of drug-likeness (QED) is 0.0499. The van der Waals surface area contributed by atoms with Crippen molar-refractivity contribution in [3.05, 3.63) is 392 Å². The molecule has 0 radical (unpaired) electrons. The number of fused-ring (bicyclic) bond motifs is 13. The van der Waals surface area contributed by atoms with Gasteiger partial charge in [0.15, 0.2) is 0 Å². The van der Waals surface area contributed by atoms with E-state index in [1.54, 1.807) is 5.57 Å². The standard InChI is InChI=1S/C111H102N2/c1-3-5-7-9-11-27-67-109(68-28-12-10-8-6-4-2)101-73-89(112(103-43-25-21-35-91(103)79-31-15-13-16-32-79)105-45-29-41-99-107(105)95-37-19-23-39-97(95)110(99,85-59-55-75-47-51-81(75)69-85)86-60-56-76-48-52-82(76)70-86)63-65-93(101)94-66-64-90(74-102(94)109)113(104-44-26-22-36-92(104)80-33-17-14-18-34-80)106-46-30-42-100-108(106)96-38-20-24-40-98(96)111(100,87-61-57-77-49-53-83(77)71-87)88-62-58-78-50-54-84(78)72-88/h13-26,29-46,55-66,69-71,73-74,84H,3-12,27-28,47-54,67-68,72H2,1-2H3. The Bertz CT molecular complexity index is 5870. The first-order valence-corrected chi connectivity index (χ1v) is 43.4. The van der Waals surface area contributed by atoms with Crippen LogP contribution in [0, 0.1) is 5.92 Å². The topological polar surface area (TPSA) is 6.48 Å². The number of allylic oxidation sites excluding steroid dienone is 4. The minimum Gasteiger partial charge on any atom is -0.309 e. The molecule has 0 spiro atoms. The third-order valence-electron chi connectivity index (χ3n) is 28.5. The summed E-state index contributed by atoms with van der Waals surface area (Å²) in [6.07, 6.45) is 32.6. The Morgan fingerprint density at radius 3 is 1.13 bits per heavy atom. The molecule has 0 amide bonds. The molecule has 0 aliphatic heterocycles. The normalized spacial score (nSPS) is 17.3. The summed E-state index contributed by atoms with van der Waals surface area (Å²) in [5, 5.41) is 0. The molecule has 0 heterocycles. The second kappa shape index (κ2) is 28.8. The summed E-state index contributed by atoms with van der Waals surface area (Å²) < 4.78 is 0. The molecule has 2 atom stereocenters. The third-order valence-corrected chi connectivity index (χ3v) is 28.5. The largest absolute Gasteiger partial charge is 0.309 e. The lowest BCUT2D eigenvalue weighted by Gasteiger charge is -2.42. The monoisotopic (exact) mass is 1460 g/mol. The Morgan fingerprint density at radius 2 is 0.690 bits per heavy atom. The van der Waals surface area contributed by atoms with Crippen LogP contribution in [0.5, 0.6) is 0 Å². The van der Waals surface area contributed by atoms with Crippen molar-refractivity contribution in [3.8, 4) is 55.6 Å². The van der Waals surface area contributed by atoms with Gasteiger partial charge in [0.25, 0.3) is 0 Å². The number of hydrogen-bond donors (Lipinski definition) is 0. The van der Waals surface area contributed by atoms with Gasteiger partial charge in [-0.1, -0.05) is 351 Å². The van der Waals surface area contributed by atoms with Crippen LogP contribution in [0.25, 0.3) is 55.6 Å². The Balaban J connectivity index is 0.797. The minimum absolute atomic E-state index is 0.317. The van der Waals surface area contributed by atoms with Gasteiger partial charge in [0, 0.05) is 39.0 Å². The Morgan fingerprint density at radius 1 is 0.292 bits per heavy atom. The highest BCUT2D eigenvalue weighted by Crippen LogP contribution is 2.66. The maximum atomic E-state index is 2.75. The Labute approximate surface area is 670 Å². The molecule has 113 heavy (non-hydrogen) atoms. The lowest BCUT2D eigenvalue weighted by atomic mass is 9.60. The van der Waals surface area contributed by atoms with Gasteiger partial charge < -0.3 is 9.80 Å². The minimum atomic E-state index is -0.544. The van der Waals surface area contributed by atoms with Crippen molar-refractivity contribution >= 4 is 34.1 Å². The number of anilines is 6. The smallest absolute Gasteiger partial charge is 0.0714 e. The van der Waals surface area contributed by atoms with E-state index in [0.29, 0.717) is 5.92 Å². The number of rotatable bonds is 26. The predicted octanol–water partition coefficient (Wildman–Crippen LogP) is 29.4. The molecule has 21 rings (SSSR count). The fourth-order valence-electron chi connectivity index (χ4n) is 22.4. The molecule has 1 saturated carbocycles.